The van der Waals surface area contributed by atoms with E-state index < -0.39 is 5.97 Å². The summed E-state index contributed by atoms with van der Waals surface area (Å²) in [6.45, 7) is 1.92. The van der Waals surface area contributed by atoms with Crippen molar-refractivity contribution in [3.63, 3.8) is 0 Å². The van der Waals surface area contributed by atoms with E-state index in [9.17, 15) is 9.59 Å². The molecule has 2 rings (SSSR count). The summed E-state index contributed by atoms with van der Waals surface area (Å²) in [6.07, 6.45) is 1.51. The van der Waals surface area contributed by atoms with Gasteiger partial charge in [0.2, 0.25) is 0 Å². The van der Waals surface area contributed by atoms with Gasteiger partial charge in [-0.2, -0.15) is 0 Å². The third-order valence-electron chi connectivity index (χ3n) is 2.55. The van der Waals surface area contributed by atoms with Gasteiger partial charge >= 0.3 is 5.97 Å². The van der Waals surface area contributed by atoms with Crippen LogP contribution in [0.3, 0.4) is 0 Å². The first-order valence-electron chi connectivity index (χ1n) is 5.40. The van der Waals surface area contributed by atoms with Crippen molar-refractivity contribution in [2.75, 3.05) is 0 Å². The number of halogens is 1. The van der Waals surface area contributed by atoms with Gasteiger partial charge in [-0.05, 0) is 41.6 Å². The molecule has 2 aromatic heterocycles. The number of carboxylic acids is 1. The molecule has 0 radical (unpaired) electrons. The largest absolute Gasteiger partial charge is 0.477 e. The summed E-state index contributed by atoms with van der Waals surface area (Å²) in [4.78, 5) is 30.9. The zero-order valence-corrected chi connectivity index (χ0v) is 12.2. The van der Waals surface area contributed by atoms with E-state index in [2.05, 4.69) is 9.97 Å². The number of rotatable bonds is 3. The Labute approximate surface area is 122 Å². The van der Waals surface area contributed by atoms with Gasteiger partial charge in [-0.1, -0.05) is 6.07 Å². The molecular formula is C12H10IN3O3. The quantitative estimate of drug-likeness (QED) is 0.823. The van der Waals surface area contributed by atoms with Crippen LogP contribution in [0.2, 0.25) is 0 Å². The summed E-state index contributed by atoms with van der Waals surface area (Å²) < 4.78 is 1.98. The van der Waals surface area contributed by atoms with Gasteiger partial charge in [0, 0.05) is 6.20 Å². The van der Waals surface area contributed by atoms with Crippen LogP contribution in [-0.2, 0) is 6.54 Å². The molecular weight excluding hydrogens is 361 g/mol. The number of pyridine rings is 1. The Balaban J connectivity index is 2.42. The topological polar surface area (TPSA) is 85.1 Å². The Morgan fingerprint density at radius 2 is 2.21 bits per heavy atom. The average Bonchev–Trinajstić information content (AvgIpc) is 2.39. The lowest BCUT2D eigenvalue weighted by molar-refractivity contribution is 0.0690. The van der Waals surface area contributed by atoms with Crippen molar-refractivity contribution in [2.45, 2.75) is 13.5 Å². The zero-order chi connectivity index (χ0) is 14.0. The average molecular weight is 371 g/mol. The number of aromatic nitrogens is 3. The van der Waals surface area contributed by atoms with Gasteiger partial charge in [-0.3, -0.25) is 9.36 Å². The lowest BCUT2D eigenvalue weighted by Crippen LogP contribution is -2.26. The highest BCUT2D eigenvalue weighted by molar-refractivity contribution is 14.1. The number of hydrogen-bond donors (Lipinski definition) is 1. The smallest absolute Gasteiger partial charge is 0.354 e. The number of carbonyl (C=O) groups is 1. The second-order valence-corrected chi connectivity index (χ2v) is 5.03. The fraction of sp³-hybridized carbons (Fsp3) is 0.167. The molecule has 0 aliphatic heterocycles. The monoisotopic (exact) mass is 371 g/mol. The van der Waals surface area contributed by atoms with Crippen LogP contribution in [-0.4, -0.2) is 25.6 Å². The normalized spacial score (nSPS) is 10.4. The molecule has 2 heterocycles. The molecule has 0 aliphatic rings. The molecule has 7 heteroatoms. The first-order chi connectivity index (χ1) is 8.99. The molecule has 6 nitrogen and oxygen atoms in total. The van der Waals surface area contributed by atoms with E-state index in [4.69, 9.17) is 5.11 Å². The highest BCUT2D eigenvalue weighted by atomic mass is 127. The molecule has 2 aromatic rings. The predicted molar refractivity (Wildman–Crippen MR) is 76.2 cm³/mol. The van der Waals surface area contributed by atoms with Gasteiger partial charge in [0.1, 0.15) is 11.5 Å². The van der Waals surface area contributed by atoms with Crippen LogP contribution in [0.5, 0.6) is 0 Å². The fourth-order valence-electron chi connectivity index (χ4n) is 1.59. The van der Waals surface area contributed by atoms with Crippen molar-refractivity contribution < 1.29 is 9.90 Å². The first-order valence-corrected chi connectivity index (χ1v) is 6.48. The van der Waals surface area contributed by atoms with Crippen molar-refractivity contribution in [3.8, 4) is 0 Å². The van der Waals surface area contributed by atoms with E-state index in [0.29, 0.717) is 15.1 Å². The van der Waals surface area contributed by atoms with E-state index in [1.807, 2.05) is 22.6 Å². The molecule has 0 aliphatic carbocycles. The number of nitrogens with zero attached hydrogens (tertiary/aromatic N) is 3. The molecule has 0 saturated carbocycles. The van der Waals surface area contributed by atoms with Crippen molar-refractivity contribution in [2.24, 2.45) is 0 Å². The van der Waals surface area contributed by atoms with Gasteiger partial charge in [0.25, 0.3) is 5.56 Å². The van der Waals surface area contributed by atoms with Crippen molar-refractivity contribution in [1.29, 1.82) is 0 Å². The van der Waals surface area contributed by atoms with Crippen LogP contribution in [0.25, 0.3) is 0 Å². The first kappa shape index (κ1) is 13.7. The third kappa shape index (κ3) is 2.98. The summed E-state index contributed by atoms with van der Waals surface area (Å²) >= 11 is 1.92. The van der Waals surface area contributed by atoms with Crippen LogP contribution in [0.15, 0.2) is 29.2 Å². The highest BCUT2D eigenvalue weighted by Crippen LogP contribution is 2.04. The number of aromatic carboxylic acids is 1. The lowest BCUT2D eigenvalue weighted by Gasteiger charge is -2.09. The van der Waals surface area contributed by atoms with E-state index in [1.54, 1.807) is 19.1 Å². The minimum atomic E-state index is -1.09. The van der Waals surface area contributed by atoms with Crippen LogP contribution in [0.1, 0.15) is 22.0 Å². The Bertz CT molecular complexity index is 697. The fourth-order valence-corrected chi connectivity index (χ4v) is 2.02. The molecule has 0 atom stereocenters. The zero-order valence-electron chi connectivity index (χ0n) is 10.00. The molecule has 0 aromatic carbocycles. The molecule has 98 valence electrons. The SMILES string of the molecule is Cc1ncc(I)c(=O)n1Cc1cccc(C(=O)O)n1. The summed E-state index contributed by atoms with van der Waals surface area (Å²) in [5.74, 6) is -0.528. The molecule has 19 heavy (non-hydrogen) atoms. The molecule has 1 N–H and O–H groups in total. The van der Waals surface area contributed by atoms with Gasteiger partial charge in [0.05, 0.1) is 15.8 Å². The van der Waals surface area contributed by atoms with Gasteiger partial charge in [-0.15, -0.1) is 0 Å². The number of aryl methyl sites for hydroxylation is 1. The Morgan fingerprint density at radius 3 is 2.89 bits per heavy atom. The van der Waals surface area contributed by atoms with Crippen molar-refractivity contribution in [1.82, 2.24) is 14.5 Å². The Kier molecular flexibility index (Phi) is 3.93. The van der Waals surface area contributed by atoms with E-state index >= 15 is 0 Å². The van der Waals surface area contributed by atoms with Crippen LogP contribution < -0.4 is 5.56 Å². The summed E-state index contributed by atoms with van der Waals surface area (Å²) in [7, 11) is 0. The maximum atomic E-state index is 12.0. The molecule has 0 spiro atoms. The van der Waals surface area contributed by atoms with E-state index in [1.165, 1.54) is 16.8 Å². The summed E-state index contributed by atoms with van der Waals surface area (Å²) in [6, 6.07) is 4.69. The van der Waals surface area contributed by atoms with Crippen LogP contribution in [0, 0.1) is 10.5 Å². The van der Waals surface area contributed by atoms with Gasteiger partial charge in [0.15, 0.2) is 0 Å². The van der Waals surface area contributed by atoms with E-state index in [-0.39, 0.29) is 17.8 Å². The molecule has 0 unspecified atom stereocenters. The van der Waals surface area contributed by atoms with Crippen LogP contribution in [0.4, 0.5) is 0 Å². The molecule has 0 bridgehead atoms. The predicted octanol–water partition coefficient (Wildman–Crippen LogP) is 1.30. The van der Waals surface area contributed by atoms with Gasteiger partial charge < -0.3 is 5.11 Å². The summed E-state index contributed by atoms with van der Waals surface area (Å²) in [5, 5.41) is 8.88. The maximum Gasteiger partial charge on any atom is 0.354 e. The Morgan fingerprint density at radius 1 is 1.47 bits per heavy atom. The highest BCUT2D eigenvalue weighted by Gasteiger charge is 2.09. The second kappa shape index (κ2) is 5.47. The Hall–Kier alpha value is -1.77. The van der Waals surface area contributed by atoms with Crippen molar-refractivity contribution >= 4 is 28.6 Å². The standard InChI is InChI=1S/C12H10IN3O3/c1-7-14-5-9(13)11(17)16(7)6-8-3-2-4-10(15-8)12(18)19/h2-5H,6H2,1H3,(H,18,19). The molecule has 0 fully saturated rings. The minimum Gasteiger partial charge on any atom is -0.477 e. The molecule has 0 amide bonds. The molecule has 0 saturated heterocycles. The van der Waals surface area contributed by atoms with E-state index in [0.717, 1.165) is 0 Å². The minimum absolute atomic E-state index is 0.0400. The van der Waals surface area contributed by atoms with Crippen molar-refractivity contribution in [3.05, 3.63) is 55.5 Å². The maximum absolute atomic E-state index is 12.0. The lowest BCUT2D eigenvalue weighted by atomic mass is 10.3. The number of carboxylic acid groups (broad SMARTS) is 1. The third-order valence-corrected chi connectivity index (χ3v) is 3.29. The van der Waals surface area contributed by atoms with Gasteiger partial charge in [-0.25, -0.2) is 14.8 Å². The number of hydrogen-bond acceptors (Lipinski definition) is 4. The second-order valence-electron chi connectivity index (χ2n) is 3.86. The summed E-state index contributed by atoms with van der Waals surface area (Å²) in [5.41, 5.74) is 0.311. The van der Waals surface area contributed by atoms with Crippen LogP contribution >= 0.6 is 22.6 Å².